The van der Waals surface area contributed by atoms with E-state index in [-0.39, 0.29) is 0 Å². The quantitative estimate of drug-likeness (QED) is 0.427. The zero-order chi connectivity index (χ0) is 8.41. The van der Waals surface area contributed by atoms with E-state index in [1.54, 1.807) is 0 Å². The molecule has 0 amide bonds. The number of hydrogen-bond donors (Lipinski definition) is 3. The van der Waals surface area contributed by atoms with Crippen molar-refractivity contribution < 1.29 is 14.4 Å². The molecule has 0 aromatic carbocycles. The van der Waals surface area contributed by atoms with Gasteiger partial charge in [-0.05, 0) is 20.0 Å². The molecule has 0 aliphatic carbocycles. The lowest BCUT2D eigenvalue weighted by molar-refractivity contribution is 0.405. The molecular weight excluding hydrogens is 153 g/mol. The third kappa shape index (κ3) is 43.8. The van der Waals surface area contributed by atoms with E-state index < -0.39 is 8.25 Å². The molecular formula is C5H15NO3P+. The lowest BCUT2D eigenvalue weighted by atomic mass is 10.3. The van der Waals surface area contributed by atoms with Gasteiger partial charge in [0.15, 0.2) is 0 Å². The highest BCUT2D eigenvalue weighted by molar-refractivity contribution is 7.30. The van der Waals surface area contributed by atoms with Crippen molar-refractivity contribution in [2.75, 3.05) is 13.6 Å². The molecule has 0 spiro atoms. The molecule has 0 fully saturated rings. The van der Waals surface area contributed by atoms with Crippen molar-refractivity contribution in [1.82, 2.24) is 5.32 Å². The smallest absolute Gasteiger partial charge is 0.320 e. The molecule has 62 valence electrons. The molecule has 0 rings (SSSR count). The molecule has 0 aliphatic heterocycles. The Kier molecular flexibility index (Phi) is 14.8. The first kappa shape index (κ1) is 12.6. The fourth-order valence-electron chi connectivity index (χ4n) is 0.354. The van der Waals surface area contributed by atoms with Gasteiger partial charge >= 0.3 is 8.25 Å². The van der Waals surface area contributed by atoms with E-state index in [4.69, 9.17) is 14.4 Å². The predicted octanol–water partition coefficient (Wildman–Crippen LogP) is 0.634. The molecule has 5 heteroatoms. The van der Waals surface area contributed by atoms with Crippen LogP contribution < -0.4 is 5.32 Å². The van der Waals surface area contributed by atoms with Crippen LogP contribution in [0, 0.1) is 0 Å². The summed E-state index contributed by atoms with van der Waals surface area (Å²) in [6.45, 7) is 3.36. The summed E-state index contributed by atoms with van der Waals surface area (Å²) in [7, 11) is -0.889. The zero-order valence-corrected chi connectivity index (χ0v) is 7.27. The molecule has 0 unspecified atom stereocenters. The van der Waals surface area contributed by atoms with E-state index in [0.717, 1.165) is 6.54 Å². The molecule has 0 bridgehead atoms. The van der Waals surface area contributed by atoms with Crippen LogP contribution >= 0.6 is 8.25 Å². The maximum Gasteiger partial charge on any atom is 0.692 e. The van der Waals surface area contributed by atoms with E-state index in [0.29, 0.717) is 0 Å². The Morgan fingerprint density at radius 3 is 2.00 bits per heavy atom. The maximum atomic E-state index is 8.70. The van der Waals surface area contributed by atoms with Gasteiger partial charge in [0.05, 0.1) is 0 Å². The largest absolute Gasteiger partial charge is 0.692 e. The third-order valence-electron chi connectivity index (χ3n) is 0.780. The Hall–Kier alpha value is -0.0200. The van der Waals surface area contributed by atoms with Gasteiger partial charge in [-0.2, -0.15) is 0 Å². The highest BCUT2D eigenvalue weighted by atomic mass is 31.1. The molecule has 3 N–H and O–H groups in total. The SMILES string of the molecule is CCCCNC.O=[P+](O)O. The van der Waals surface area contributed by atoms with E-state index in [9.17, 15) is 0 Å². The minimum Gasteiger partial charge on any atom is -0.320 e. The van der Waals surface area contributed by atoms with E-state index in [1.807, 2.05) is 7.05 Å². The Morgan fingerprint density at radius 2 is 1.90 bits per heavy atom. The first-order valence-electron chi connectivity index (χ1n) is 3.14. The third-order valence-corrected chi connectivity index (χ3v) is 0.780. The molecule has 0 atom stereocenters. The second kappa shape index (κ2) is 11.7. The Labute approximate surface area is 62.2 Å². The normalized spacial score (nSPS) is 8.00. The van der Waals surface area contributed by atoms with Gasteiger partial charge < -0.3 is 5.32 Å². The number of unbranched alkanes of at least 4 members (excludes halogenated alkanes) is 1. The van der Waals surface area contributed by atoms with Crippen LogP contribution in [0.5, 0.6) is 0 Å². The number of nitrogens with one attached hydrogen (secondary N) is 1. The van der Waals surface area contributed by atoms with E-state index in [2.05, 4.69) is 12.2 Å². The van der Waals surface area contributed by atoms with Crippen molar-refractivity contribution in [3.8, 4) is 0 Å². The van der Waals surface area contributed by atoms with E-state index in [1.165, 1.54) is 12.8 Å². The van der Waals surface area contributed by atoms with Crippen LogP contribution in [-0.4, -0.2) is 23.4 Å². The lowest BCUT2D eigenvalue weighted by Crippen LogP contribution is -2.06. The minimum absolute atomic E-state index is 1.16. The average molecular weight is 168 g/mol. The van der Waals surface area contributed by atoms with Gasteiger partial charge in [-0.1, -0.05) is 13.3 Å². The van der Waals surface area contributed by atoms with Crippen molar-refractivity contribution in [2.45, 2.75) is 19.8 Å². The second-order valence-corrected chi connectivity index (χ2v) is 2.22. The van der Waals surface area contributed by atoms with Gasteiger partial charge in [0.1, 0.15) is 0 Å². The highest BCUT2D eigenvalue weighted by Crippen LogP contribution is 1.98. The minimum atomic E-state index is -2.87. The van der Waals surface area contributed by atoms with Crippen LogP contribution in [0.1, 0.15) is 19.8 Å². The Balaban J connectivity index is 0. The van der Waals surface area contributed by atoms with Gasteiger partial charge in [-0.25, -0.2) is 0 Å². The van der Waals surface area contributed by atoms with Crippen LogP contribution in [0.2, 0.25) is 0 Å². The van der Waals surface area contributed by atoms with E-state index >= 15 is 0 Å². The van der Waals surface area contributed by atoms with Crippen molar-refractivity contribution >= 4 is 8.25 Å². The van der Waals surface area contributed by atoms with Crippen LogP contribution in [0.15, 0.2) is 0 Å². The molecule has 0 aromatic rings. The van der Waals surface area contributed by atoms with Crippen molar-refractivity contribution in [3.63, 3.8) is 0 Å². The summed E-state index contributed by atoms with van der Waals surface area (Å²) in [5.41, 5.74) is 0. The summed E-state index contributed by atoms with van der Waals surface area (Å²) in [4.78, 5) is 14.2. The monoisotopic (exact) mass is 168 g/mol. The average Bonchev–Trinajstić information content (AvgIpc) is 1.82. The fraction of sp³-hybridized carbons (Fsp3) is 1.00. The van der Waals surface area contributed by atoms with Crippen molar-refractivity contribution in [2.24, 2.45) is 0 Å². The topological polar surface area (TPSA) is 69.6 Å². The molecule has 0 aromatic heterocycles. The first-order chi connectivity index (χ1) is 4.65. The summed E-state index contributed by atoms with van der Waals surface area (Å²) in [6.07, 6.45) is 2.59. The summed E-state index contributed by atoms with van der Waals surface area (Å²) >= 11 is 0. The van der Waals surface area contributed by atoms with Crippen LogP contribution in [-0.2, 0) is 4.57 Å². The van der Waals surface area contributed by atoms with Crippen LogP contribution in [0.4, 0.5) is 0 Å². The van der Waals surface area contributed by atoms with Crippen molar-refractivity contribution in [1.29, 1.82) is 0 Å². The van der Waals surface area contributed by atoms with Crippen LogP contribution in [0.3, 0.4) is 0 Å². The molecule has 10 heavy (non-hydrogen) atoms. The van der Waals surface area contributed by atoms with Crippen LogP contribution in [0.25, 0.3) is 0 Å². The molecule has 0 radical (unpaired) electrons. The zero-order valence-electron chi connectivity index (χ0n) is 6.37. The number of rotatable bonds is 3. The number of hydrogen-bond acceptors (Lipinski definition) is 2. The molecule has 0 aliphatic rings. The predicted molar refractivity (Wildman–Crippen MR) is 40.9 cm³/mol. The summed E-state index contributed by atoms with van der Waals surface area (Å²) < 4.78 is 8.70. The standard InChI is InChI=1S/C5H13N.HO3P/c1-3-4-5-6-2;1-4(2)3/h6H,3-5H2,1-2H3;(H-,1,2,3)/p+1. The van der Waals surface area contributed by atoms with Crippen molar-refractivity contribution in [3.05, 3.63) is 0 Å². The molecule has 0 saturated carbocycles. The lowest BCUT2D eigenvalue weighted by Gasteiger charge is -1.89. The summed E-state index contributed by atoms with van der Waals surface area (Å²) in [5, 5.41) is 3.07. The Bertz CT molecular complexity index is 71.3. The molecule has 4 nitrogen and oxygen atoms in total. The second-order valence-electron chi connectivity index (χ2n) is 1.71. The molecule has 0 heterocycles. The molecule has 0 saturated heterocycles. The fourth-order valence-corrected chi connectivity index (χ4v) is 0.354. The van der Waals surface area contributed by atoms with Gasteiger partial charge in [0.2, 0.25) is 0 Å². The maximum absolute atomic E-state index is 8.70. The van der Waals surface area contributed by atoms with Gasteiger partial charge in [0.25, 0.3) is 0 Å². The summed E-state index contributed by atoms with van der Waals surface area (Å²) in [6, 6.07) is 0. The highest BCUT2D eigenvalue weighted by Gasteiger charge is 1.93. The summed E-state index contributed by atoms with van der Waals surface area (Å²) in [5.74, 6) is 0. The first-order valence-corrected chi connectivity index (χ1v) is 4.31. The Morgan fingerprint density at radius 1 is 1.50 bits per heavy atom. The van der Waals surface area contributed by atoms with Gasteiger partial charge in [-0.15, -0.1) is 9.79 Å². The van der Waals surface area contributed by atoms with Gasteiger partial charge in [-0.3, -0.25) is 0 Å². The van der Waals surface area contributed by atoms with Gasteiger partial charge in [0, 0.05) is 4.57 Å².